The van der Waals surface area contributed by atoms with Crippen molar-refractivity contribution in [1.29, 1.82) is 5.41 Å². The summed E-state index contributed by atoms with van der Waals surface area (Å²) in [7, 11) is 1.75. The number of nitrogen functional groups attached to an aromatic ring is 1. The third-order valence-electron chi connectivity index (χ3n) is 4.10. The Balaban J connectivity index is 1.98. The third kappa shape index (κ3) is 2.18. The van der Waals surface area contributed by atoms with E-state index in [1.54, 1.807) is 7.11 Å². The van der Waals surface area contributed by atoms with Gasteiger partial charge in [0.2, 0.25) is 0 Å². The zero-order valence-electron chi connectivity index (χ0n) is 11.3. The van der Waals surface area contributed by atoms with Crippen LogP contribution in [0, 0.1) is 5.41 Å². The summed E-state index contributed by atoms with van der Waals surface area (Å²) in [6.45, 7) is 1.76. The molecule has 19 heavy (non-hydrogen) atoms. The fraction of sp³-hybridized carbons (Fsp3) is 0.571. The molecule has 2 aliphatic rings. The summed E-state index contributed by atoms with van der Waals surface area (Å²) in [4.78, 5) is 6.97. The molecular formula is C14H20N4O. The minimum atomic E-state index is 0.109. The molecule has 5 heteroatoms. The number of aryl methyl sites for hydroxylation is 2. The van der Waals surface area contributed by atoms with Crippen LogP contribution in [0.3, 0.4) is 0 Å². The van der Waals surface area contributed by atoms with Crippen LogP contribution in [0.2, 0.25) is 0 Å². The summed E-state index contributed by atoms with van der Waals surface area (Å²) in [5.41, 5.74) is 8.95. The molecule has 0 saturated carbocycles. The number of fused-ring (bicyclic) bond motifs is 1. The van der Waals surface area contributed by atoms with Crippen molar-refractivity contribution < 1.29 is 4.74 Å². The molecule has 0 amide bonds. The van der Waals surface area contributed by atoms with Gasteiger partial charge in [-0.2, -0.15) is 0 Å². The summed E-state index contributed by atoms with van der Waals surface area (Å²) in [5, 5.41) is 7.78. The number of ether oxygens (including phenoxy) is 1. The maximum Gasteiger partial charge on any atom is 0.139 e. The highest BCUT2D eigenvalue weighted by atomic mass is 16.5. The summed E-state index contributed by atoms with van der Waals surface area (Å²) < 4.78 is 5.40. The molecule has 1 unspecified atom stereocenters. The molecule has 5 nitrogen and oxygen atoms in total. The number of nitrogens with two attached hydrogens (primary N) is 1. The van der Waals surface area contributed by atoms with Gasteiger partial charge in [0.25, 0.3) is 0 Å². The fourth-order valence-corrected chi connectivity index (χ4v) is 3.01. The number of rotatable bonds is 3. The van der Waals surface area contributed by atoms with Gasteiger partial charge >= 0.3 is 0 Å². The van der Waals surface area contributed by atoms with Gasteiger partial charge in [0.05, 0.1) is 11.7 Å². The third-order valence-corrected chi connectivity index (χ3v) is 4.10. The molecule has 1 fully saturated rings. The van der Waals surface area contributed by atoms with Crippen molar-refractivity contribution in [3.05, 3.63) is 22.9 Å². The summed E-state index contributed by atoms with van der Waals surface area (Å²) in [6, 6.07) is 2.06. The summed E-state index contributed by atoms with van der Waals surface area (Å²) >= 11 is 0. The number of nitrogens with zero attached hydrogens (tertiary/aromatic N) is 2. The SMILES string of the molecule is COC1CCN(c2nc3c(cc2C(=N)N)CCC3)C1. The van der Waals surface area contributed by atoms with Gasteiger partial charge in [-0.25, -0.2) is 4.98 Å². The van der Waals surface area contributed by atoms with Crippen LogP contribution in [0.15, 0.2) is 6.07 Å². The number of amidine groups is 1. The molecule has 0 bridgehead atoms. The Labute approximate surface area is 113 Å². The Morgan fingerprint density at radius 1 is 1.53 bits per heavy atom. The van der Waals surface area contributed by atoms with Crippen LogP contribution in [0.4, 0.5) is 5.82 Å². The molecule has 0 aromatic carbocycles. The molecule has 1 saturated heterocycles. The molecule has 1 atom stereocenters. The zero-order chi connectivity index (χ0) is 13.4. The van der Waals surface area contributed by atoms with Crippen LogP contribution in [0.1, 0.15) is 29.7 Å². The van der Waals surface area contributed by atoms with Crippen molar-refractivity contribution in [2.75, 3.05) is 25.1 Å². The standard InChI is InChI=1S/C14H20N4O/c1-19-10-5-6-18(8-10)14-11(13(15)16)7-9-3-2-4-12(9)17-14/h7,10H,2-6,8H2,1H3,(H3,15,16). The summed E-state index contributed by atoms with van der Waals surface area (Å²) in [6.07, 6.45) is 4.53. The molecule has 1 aromatic heterocycles. The number of pyridine rings is 1. The second-order valence-corrected chi connectivity index (χ2v) is 5.32. The fourth-order valence-electron chi connectivity index (χ4n) is 3.01. The van der Waals surface area contributed by atoms with E-state index in [0.29, 0.717) is 0 Å². The van der Waals surface area contributed by atoms with E-state index in [1.807, 2.05) is 0 Å². The summed E-state index contributed by atoms with van der Waals surface area (Å²) in [5.74, 6) is 0.978. The lowest BCUT2D eigenvalue weighted by molar-refractivity contribution is 0.121. The highest BCUT2D eigenvalue weighted by Gasteiger charge is 2.27. The lowest BCUT2D eigenvalue weighted by Gasteiger charge is -2.21. The van der Waals surface area contributed by atoms with E-state index in [-0.39, 0.29) is 11.9 Å². The van der Waals surface area contributed by atoms with E-state index in [4.69, 9.17) is 20.9 Å². The Morgan fingerprint density at radius 2 is 2.37 bits per heavy atom. The van der Waals surface area contributed by atoms with Gasteiger partial charge in [0.1, 0.15) is 11.7 Å². The first-order valence-corrected chi connectivity index (χ1v) is 6.84. The smallest absolute Gasteiger partial charge is 0.139 e. The predicted octanol–water partition coefficient (Wildman–Crippen LogP) is 1.08. The van der Waals surface area contributed by atoms with Crippen LogP contribution in [-0.4, -0.2) is 37.1 Å². The average Bonchev–Trinajstić information content (AvgIpc) is 3.05. The number of anilines is 1. The van der Waals surface area contributed by atoms with Crippen molar-refractivity contribution in [2.24, 2.45) is 5.73 Å². The van der Waals surface area contributed by atoms with Crippen LogP contribution in [0.25, 0.3) is 0 Å². The highest BCUT2D eigenvalue weighted by Crippen LogP contribution is 2.29. The van der Waals surface area contributed by atoms with E-state index < -0.39 is 0 Å². The molecule has 1 aromatic rings. The number of aromatic nitrogens is 1. The molecule has 1 aliphatic heterocycles. The van der Waals surface area contributed by atoms with Gasteiger partial charge in [-0.3, -0.25) is 5.41 Å². The molecule has 2 heterocycles. The van der Waals surface area contributed by atoms with E-state index in [2.05, 4.69) is 11.0 Å². The van der Waals surface area contributed by atoms with Crippen molar-refractivity contribution in [3.8, 4) is 0 Å². The Morgan fingerprint density at radius 3 is 3.05 bits per heavy atom. The van der Waals surface area contributed by atoms with Gasteiger partial charge < -0.3 is 15.4 Å². The monoisotopic (exact) mass is 260 g/mol. The molecule has 3 rings (SSSR count). The van der Waals surface area contributed by atoms with Crippen molar-refractivity contribution >= 4 is 11.7 Å². The first kappa shape index (κ1) is 12.4. The van der Waals surface area contributed by atoms with Crippen molar-refractivity contribution in [3.63, 3.8) is 0 Å². The molecule has 102 valence electrons. The number of nitrogens with one attached hydrogen (secondary N) is 1. The van der Waals surface area contributed by atoms with E-state index in [1.165, 1.54) is 11.3 Å². The number of hydrogen-bond acceptors (Lipinski definition) is 4. The number of hydrogen-bond donors (Lipinski definition) is 2. The van der Waals surface area contributed by atoms with Gasteiger partial charge in [0.15, 0.2) is 0 Å². The Kier molecular flexibility index (Phi) is 3.14. The first-order valence-electron chi connectivity index (χ1n) is 6.84. The van der Waals surface area contributed by atoms with Crippen LogP contribution >= 0.6 is 0 Å². The minimum absolute atomic E-state index is 0.109. The second kappa shape index (κ2) is 4.81. The molecule has 3 N–H and O–H groups in total. The van der Waals surface area contributed by atoms with Gasteiger partial charge in [-0.05, 0) is 37.3 Å². The Bertz CT molecular complexity index is 514. The van der Waals surface area contributed by atoms with Crippen LogP contribution < -0.4 is 10.6 Å². The van der Waals surface area contributed by atoms with Crippen molar-refractivity contribution in [1.82, 2.24) is 4.98 Å². The second-order valence-electron chi connectivity index (χ2n) is 5.32. The lowest BCUT2D eigenvalue weighted by atomic mass is 10.1. The lowest BCUT2D eigenvalue weighted by Crippen LogP contribution is -2.27. The average molecular weight is 260 g/mol. The van der Waals surface area contributed by atoms with Crippen molar-refractivity contribution in [2.45, 2.75) is 31.8 Å². The molecule has 1 aliphatic carbocycles. The number of methoxy groups -OCH3 is 1. The normalized spacial score (nSPS) is 21.7. The van der Waals surface area contributed by atoms with Gasteiger partial charge in [-0.1, -0.05) is 0 Å². The Hall–Kier alpha value is -1.62. The molecule has 0 radical (unpaired) electrons. The molecule has 0 spiro atoms. The minimum Gasteiger partial charge on any atom is -0.384 e. The van der Waals surface area contributed by atoms with Crippen LogP contribution in [0.5, 0.6) is 0 Å². The predicted molar refractivity (Wildman–Crippen MR) is 74.9 cm³/mol. The van der Waals surface area contributed by atoms with E-state index in [9.17, 15) is 0 Å². The quantitative estimate of drug-likeness (QED) is 0.630. The first-order chi connectivity index (χ1) is 9.19. The maximum absolute atomic E-state index is 7.78. The largest absolute Gasteiger partial charge is 0.384 e. The van der Waals surface area contributed by atoms with Gasteiger partial charge in [-0.15, -0.1) is 0 Å². The zero-order valence-corrected chi connectivity index (χ0v) is 11.3. The van der Waals surface area contributed by atoms with Crippen LogP contribution in [-0.2, 0) is 17.6 Å². The highest BCUT2D eigenvalue weighted by molar-refractivity contribution is 6.00. The molecular weight excluding hydrogens is 240 g/mol. The topological polar surface area (TPSA) is 75.2 Å². The van der Waals surface area contributed by atoms with Gasteiger partial charge in [0, 0.05) is 25.9 Å². The maximum atomic E-state index is 7.78. The van der Waals surface area contributed by atoms with E-state index >= 15 is 0 Å². The van der Waals surface area contributed by atoms with E-state index in [0.717, 1.165) is 50.2 Å².